The number of rotatable bonds is 7. The van der Waals surface area contributed by atoms with Gasteiger partial charge in [-0.15, -0.1) is 0 Å². The lowest BCUT2D eigenvalue weighted by molar-refractivity contribution is -0.123. The SMILES string of the molecule is CCCC1CC1NC(=O)COc1ccc(/C(N)=N/O)cc1. The Morgan fingerprint density at radius 1 is 1.48 bits per heavy atom. The average molecular weight is 291 g/mol. The number of amidine groups is 1. The van der Waals surface area contributed by atoms with Gasteiger partial charge in [0.05, 0.1) is 0 Å². The minimum atomic E-state index is -0.0980. The van der Waals surface area contributed by atoms with Gasteiger partial charge in [0.1, 0.15) is 5.75 Å². The highest BCUT2D eigenvalue weighted by atomic mass is 16.5. The number of hydrogen-bond donors (Lipinski definition) is 3. The standard InChI is InChI=1S/C15H21N3O3/c1-2-3-11-8-13(11)17-14(19)9-21-12-6-4-10(5-7-12)15(16)18-20/h4-7,11,13,20H,2-3,8-9H2,1H3,(H2,16,18)(H,17,19). The third-order valence-electron chi connectivity index (χ3n) is 3.56. The molecular formula is C15H21N3O3. The van der Waals surface area contributed by atoms with Crippen molar-refractivity contribution in [2.75, 3.05) is 6.61 Å². The molecule has 2 unspecified atom stereocenters. The molecule has 0 saturated heterocycles. The second-order valence-corrected chi connectivity index (χ2v) is 5.26. The quantitative estimate of drug-likeness (QED) is 0.307. The monoisotopic (exact) mass is 291 g/mol. The topological polar surface area (TPSA) is 96.9 Å². The van der Waals surface area contributed by atoms with Crippen LogP contribution in [0.2, 0.25) is 0 Å². The smallest absolute Gasteiger partial charge is 0.258 e. The molecule has 21 heavy (non-hydrogen) atoms. The molecule has 1 saturated carbocycles. The van der Waals surface area contributed by atoms with Gasteiger partial charge in [-0.1, -0.05) is 18.5 Å². The Morgan fingerprint density at radius 3 is 2.81 bits per heavy atom. The van der Waals surface area contributed by atoms with Gasteiger partial charge in [-0.2, -0.15) is 0 Å². The van der Waals surface area contributed by atoms with Gasteiger partial charge in [0.25, 0.3) is 5.91 Å². The predicted octanol–water partition coefficient (Wildman–Crippen LogP) is 1.46. The highest BCUT2D eigenvalue weighted by Gasteiger charge is 2.37. The van der Waals surface area contributed by atoms with Crippen molar-refractivity contribution < 1.29 is 14.7 Å². The largest absolute Gasteiger partial charge is 0.484 e. The number of oxime groups is 1. The molecule has 1 aromatic carbocycles. The van der Waals surface area contributed by atoms with Crippen molar-refractivity contribution >= 4 is 11.7 Å². The molecule has 0 bridgehead atoms. The number of carbonyl (C=O) groups is 1. The normalized spacial score (nSPS) is 20.9. The van der Waals surface area contributed by atoms with E-state index in [0.717, 1.165) is 12.8 Å². The molecule has 1 aliphatic rings. The Labute approximate surface area is 124 Å². The summed E-state index contributed by atoms with van der Waals surface area (Å²) in [5.41, 5.74) is 6.05. The lowest BCUT2D eigenvalue weighted by Crippen LogP contribution is -2.31. The van der Waals surface area contributed by atoms with Crippen molar-refractivity contribution in [2.45, 2.75) is 32.2 Å². The summed E-state index contributed by atoms with van der Waals surface area (Å²) in [5, 5.41) is 14.4. The van der Waals surface area contributed by atoms with Crippen LogP contribution in [0.1, 0.15) is 31.7 Å². The fraction of sp³-hybridized carbons (Fsp3) is 0.467. The third kappa shape index (κ3) is 4.37. The number of carbonyl (C=O) groups excluding carboxylic acids is 1. The van der Waals surface area contributed by atoms with Gasteiger partial charge in [-0.3, -0.25) is 4.79 Å². The Kier molecular flexibility index (Phi) is 5.03. The first kappa shape index (κ1) is 15.2. The molecule has 6 heteroatoms. The van der Waals surface area contributed by atoms with Crippen LogP contribution in [-0.2, 0) is 4.79 Å². The predicted molar refractivity (Wildman–Crippen MR) is 79.4 cm³/mol. The summed E-state index contributed by atoms with van der Waals surface area (Å²) in [7, 11) is 0. The number of benzene rings is 1. The number of nitrogens with zero attached hydrogens (tertiary/aromatic N) is 1. The highest BCUT2D eigenvalue weighted by molar-refractivity contribution is 5.97. The van der Waals surface area contributed by atoms with Crippen molar-refractivity contribution in [3.63, 3.8) is 0 Å². The van der Waals surface area contributed by atoms with Crippen LogP contribution in [0.5, 0.6) is 5.75 Å². The van der Waals surface area contributed by atoms with Crippen molar-refractivity contribution in [3.05, 3.63) is 29.8 Å². The van der Waals surface area contributed by atoms with Crippen LogP contribution in [0.15, 0.2) is 29.4 Å². The summed E-state index contributed by atoms with van der Waals surface area (Å²) in [4.78, 5) is 11.7. The van der Waals surface area contributed by atoms with Crippen LogP contribution in [-0.4, -0.2) is 29.6 Å². The van der Waals surface area contributed by atoms with Crippen molar-refractivity contribution in [1.82, 2.24) is 5.32 Å². The maximum Gasteiger partial charge on any atom is 0.258 e. The molecule has 0 heterocycles. The average Bonchev–Trinajstić information content (AvgIpc) is 3.23. The molecule has 0 aliphatic heterocycles. The lowest BCUT2D eigenvalue weighted by Gasteiger charge is -2.08. The van der Waals surface area contributed by atoms with E-state index in [-0.39, 0.29) is 18.3 Å². The number of nitrogens with one attached hydrogen (secondary N) is 1. The summed E-state index contributed by atoms with van der Waals surface area (Å²) in [6.07, 6.45) is 3.40. The minimum absolute atomic E-state index is 0.00172. The van der Waals surface area contributed by atoms with E-state index in [4.69, 9.17) is 15.7 Å². The van der Waals surface area contributed by atoms with Gasteiger partial charge in [0, 0.05) is 11.6 Å². The second-order valence-electron chi connectivity index (χ2n) is 5.26. The van der Waals surface area contributed by atoms with Crippen LogP contribution in [0.25, 0.3) is 0 Å². The summed E-state index contributed by atoms with van der Waals surface area (Å²) in [6, 6.07) is 7.01. The maximum absolute atomic E-state index is 11.7. The molecule has 2 rings (SSSR count). The highest BCUT2D eigenvalue weighted by Crippen LogP contribution is 2.34. The van der Waals surface area contributed by atoms with E-state index >= 15 is 0 Å². The first-order valence-corrected chi connectivity index (χ1v) is 7.14. The molecule has 4 N–H and O–H groups in total. The van der Waals surface area contributed by atoms with Crippen molar-refractivity contribution in [3.8, 4) is 5.75 Å². The molecule has 1 amide bonds. The fourth-order valence-corrected chi connectivity index (χ4v) is 2.29. The van der Waals surface area contributed by atoms with Crippen LogP contribution in [0, 0.1) is 5.92 Å². The van der Waals surface area contributed by atoms with Crippen molar-refractivity contribution in [2.24, 2.45) is 16.8 Å². The molecular weight excluding hydrogens is 270 g/mol. The van der Waals surface area contributed by atoms with E-state index < -0.39 is 0 Å². The minimum Gasteiger partial charge on any atom is -0.484 e. The zero-order valence-electron chi connectivity index (χ0n) is 12.1. The van der Waals surface area contributed by atoms with Crippen LogP contribution < -0.4 is 15.8 Å². The molecule has 1 fully saturated rings. The second kappa shape index (κ2) is 6.97. The molecule has 6 nitrogen and oxygen atoms in total. The fourth-order valence-electron chi connectivity index (χ4n) is 2.29. The summed E-state index contributed by atoms with van der Waals surface area (Å²) >= 11 is 0. The van der Waals surface area contributed by atoms with Crippen LogP contribution in [0.3, 0.4) is 0 Å². The van der Waals surface area contributed by atoms with Gasteiger partial charge in [-0.05, 0) is 43.0 Å². The molecule has 1 aromatic rings. The first-order chi connectivity index (χ1) is 10.1. The van der Waals surface area contributed by atoms with E-state index in [1.807, 2.05) is 0 Å². The van der Waals surface area contributed by atoms with Gasteiger partial charge >= 0.3 is 0 Å². The summed E-state index contributed by atoms with van der Waals surface area (Å²) < 4.78 is 5.40. The molecule has 0 aromatic heterocycles. The number of amides is 1. The van der Waals surface area contributed by atoms with E-state index in [0.29, 0.717) is 23.3 Å². The first-order valence-electron chi connectivity index (χ1n) is 7.14. The Bertz CT molecular complexity index is 513. The van der Waals surface area contributed by atoms with Gasteiger partial charge < -0.3 is 21.0 Å². The van der Waals surface area contributed by atoms with E-state index in [2.05, 4.69) is 17.4 Å². The Hall–Kier alpha value is -2.24. The van der Waals surface area contributed by atoms with Gasteiger partial charge in [0.15, 0.2) is 12.4 Å². The van der Waals surface area contributed by atoms with Gasteiger partial charge in [0.2, 0.25) is 0 Å². The Morgan fingerprint density at radius 2 is 2.19 bits per heavy atom. The number of nitrogens with two attached hydrogens (primary N) is 1. The molecule has 0 spiro atoms. The lowest BCUT2D eigenvalue weighted by atomic mass is 10.2. The molecule has 2 atom stereocenters. The molecule has 1 aliphatic carbocycles. The van der Waals surface area contributed by atoms with Crippen LogP contribution in [0.4, 0.5) is 0 Å². The summed E-state index contributed by atoms with van der Waals surface area (Å²) in [6.45, 7) is 2.15. The van der Waals surface area contributed by atoms with Crippen LogP contribution >= 0.6 is 0 Å². The number of ether oxygens (including phenoxy) is 1. The molecule has 0 radical (unpaired) electrons. The van der Waals surface area contributed by atoms with Gasteiger partial charge in [-0.25, -0.2) is 0 Å². The maximum atomic E-state index is 11.7. The summed E-state index contributed by atoms with van der Waals surface area (Å²) in [5.74, 6) is 1.15. The molecule has 114 valence electrons. The number of hydrogen-bond acceptors (Lipinski definition) is 4. The zero-order valence-corrected chi connectivity index (χ0v) is 12.1. The van der Waals surface area contributed by atoms with Crippen molar-refractivity contribution in [1.29, 1.82) is 0 Å². The third-order valence-corrected chi connectivity index (χ3v) is 3.56. The Balaban J connectivity index is 1.74. The van der Waals surface area contributed by atoms with E-state index in [1.54, 1.807) is 24.3 Å². The van der Waals surface area contributed by atoms with E-state index in [1.165, 1.54) is 6.42 Å². The zero-order chi connectivity index (χ0) is 15.2. The van der Waals surface area contributed by atoms with E-state index in [9.17, 15) is 4.79 Å².